The second-order valence-corrected chi connectivity index (χ2v) is 5.48. The molecule has 0 N–H and O–H groups in total. The molecule has 0 spiro atoms. The zero-order valence-electron chi connectivity index (χ0n) is 13.1. The van der Waals surface area contributed by atoms with Gasteiger partial charge < -0.3 is 9.47 Å². The Kier molecular flexibility index (Phi) is 4.96. The standard InChI is InChI=1S/C17H16ClN3O3/c1-2-21-16-8-3-12(11-15(16)19-20-21)17(22)24-10-9-23-14-6-4-13(18)5-7-14/h3-8,11H,2,9-10H2,1H3. The molecule has 0 aliphatic rings. The lowest BCUT2D eigenvalue weighted by molar-refractivity contribution is 0.0450. The lowest BCUT2D eigenvalue weighted by Crippen LogP contribution is -2.12. The zero-order chi connectivity index (χ0) is 16.9. The number of ether oxygens (including phenoxy) is 2. The third-order valence-electron chi connectivity index (χ3n) is 3.45. The van der Waals surface area contributed by atoms with Crippen LogP contribution < -0.4 is 4.74 Å². The highest BCUT2D eigenvalue weighted by atomic mass is 35.5. The summed E-state index contributed by atoms with van der Waals surface area (Å²) in [5, 5.41) is 8.70. The number of hydrogen-bond acceptors (Lipinski definition) is 5. The van der Waals surface area contributed by atoms with Gasteiger partial charge in [0, 0.05) is 11.6 Å². The van der Waals surface area contributed by atoms with Crippen LogP contribution in [0, 0.1) is 0 Å². The van der Waals surface area contributed by atoms with Crippen LogP contribution in [0.2, 0.25) is 5.02 Å². The molecule has 0 aliphatic carbocycles. The molecule has 0 saturated carbocycles. The predicted octanol–water partition coefficient (Wildman–Crippen LogP) is 3.34. The van der Waals surface area contributed by atoms with Crippen molar-refractivity contribution in [2.24, 2.45) is 0 Å². The van der Waals surface area contributed by atoms with Gasteiger partial charge in [0.1, 0.15) is 24.5 Å². The molecule has 1 heterocycles. The molecule has 2 aromatic carbocycles. The number of rotatable bonds is 6. The maximum Gasteiger partial charge on any atom is 0.338 e. The predicted molar refractivity (Wildman–Crippen MR) is 90.4 cm³/mol. The van der Waals surface area contributed by atoms with Crippen molar-refractivity contribution >= 4 is 28.6 Å². The summed E-state index contributed by atoms with van der Waals surface area (Å²) in [7, 11) is 0. The van der Waals surface area contributed by atoms with Crippen LogP contribution in [0.3, 0.4) is 0 Å². The summed E-state index contributed by atoms with van der Waals surface area (Å²) >= 11 is 5.80. The van der Waals surface area contributed by atoms with Gasteiger partial charge in [-0.1, -0.05) is 16.8 Å². The van der Waals surface area contributed by atoms with Crippen molar-refractivity contribution in [2.45, 2.75) is 13.5 Å². The number of carbonyl (C=O) groups is 1. The lowest BCUT2D eigenvalue weighted by Gasteiger charge is -2.07. The Labute approximate surface area is 143 Å². The van der Waals surface area contributed by atoms with Gasteiger partial charge in [0.15, 0.2) is 0 Å². The van der Waals surface area contributed by atoms with E-state index in [1.165, 1.54) is 0 Å². The van der Waals surface area contributed by atoms with E-state index in [0.29, 0.717) is 21.9 Å². The molecule has 0 radical (unpaired) electrons. The largest absolute Gasteiger partial charge is 0.490 e. The molecule has 6 nitrogen and oxygen atoms in total. The van der Waals surface area contributed by atoms with Crippen LogP contribution in [0.4, 0.5) is 0 Å². The summed E-state index contributed by atoms with van der Waals surface area (Å²) in [5.41, 5.74) is 2.00. The van der Waals surface area contributed by atoms with Crippen LogP contribution in [-0.4, -0.2) is 34.2 Å². The third-order valence-corrected chi connectivity index (χ3v) is 3.70. The van der Waals surface area contributed by atoms with Gasteiger partial charge in [0.2, 0.25) is 0 Å². The molecule has 0 amide bonds. The van der Waals surface area contributed by atoms with Gasteiger partial charge in [-0.2, -0.15) is 0 Å². The smallest absolute Gasteiger partial charge is 0.338 e. The number of halogens is 1. The SMILES string of the molecule is CCn1nnc2cc(C(=O)OCCOc3ccc(Cl)cc3)ccc21. The van der Waals surface area contributed by atoms with E-state index >= 15 is 0 Å². The fraction of sp³-hybridized carbons (Fsp3) is 0.235. The lowest BCUT2D eigenvalue weighted by atomic mass is 10.2. The van der Waals surface area contributed by atoms with Crippen molar-refractivity contribution in [3.8, 4) is 5.75 Å². The summed E-state index contributed by atoms with van der Waals surface area (Å²) in [6.07, 6.45) is 0. The van der Waals surface area contributed by atoms with Crippen LogP contribution in [0.1, 0.15) is 17.3 Å². The van der Waals surface area contributed by atoms with Gasteiger partial charge >= 0.3 is 5.97 Å². The second-order valence-electron chi connectivity index (χ2n) is 5.05. The summed E-state index contributed by atoms with van der Waals surface area (Å²) in [6, 6.07) is 12.2. The van der Waals surface area contributed by atoms with Crippen molar-refractivity contribution in [1.29, 1.82) is 0 Å². The molecule has 0 saturated heterocycles. The molecule has 0 fully saturated rings. The highest BCUT2D eigenvalue weighted by molar-refractivity contribution is 6.30. The monoisotopic (exact) mass is 345 g/mol. The van der Waals surface area contributed by atoms with Crippen molar-refractivity contribution in [3.05, 3.63) is 53.1 Å². The number of aromatic nitrogens is 3. The molecule has 0 atom stereocenters. The van der Waals surface area contributed by atoms with Crippen LogP contribution in [0.5, 0.6) is 5.75 Å². The maximum atomic E-state index is 12.1. The van der Waals surface area contributed by atoms with Crippen LogP contribution in [-0.2, 0) is 11.3 Å². The molecule has 24 heavy (non-hydrogen) atoms. The molecular formula is C17H16ClN3O3. The molecule has 7 heteroatoms. The molecule has 0 unspecified atom stereocenters. The Morgan fingerprint density at radius 3 is 2.71 bits per heavy atom. The van der Waals surface area contributed by atoms with E-state index in [0.717, 1.165) is 12.1 Å². The molecule has 124 valence electrons. The zero-order valence-corrected chi connectivity index (χ0v) is 13.9. The van der Waals surface area contributed by atoms with Gasteiger partial charge in [0.05, 0.1) is 11.1 Å². The third kappa shape index (κ3) is 3.65. The van der Waals surface area contributed by atoms with Crippen molar-refractivity contribution in [2.75, 3.05) is 13.2 Å². The Morgan fingerprint density at radius 2 is 1.96 bits per heavy atom. The van der Waals surface area contributed by atoms with E-state index < -0.39 is 5.97 Å². The minimum absolute atomic E-state index is 0.154. The number of carbonyl (C=O) groups excluding carboxylic acids is 1. The number of fused-ring (bicyclic) bond motifs is 1. The first-order valence-electron chi connectivity index (χ1n) is 7.56. The van der Waals surface area contributed by atoms with E-state index in [1.54, 1.807) is 41.1 Å². The average molecular weight is 346 g/mol. The average Bonchev–Trinajstić information content (AvgIpc) is 3.02. The molecule has 3 rings (SSSR count). The molecule has 3 aromatic rings. The Balaban J connectivity index is 1.54. The first kappa shape index (κ1) is 16.3. The quantitative estimate of drug-likeness (QED) is 0.506. The number of hydrogen-bond donors (Lipinski definition) is 0. The first-order chi connectivity index (χ1) is 11.7. The normalized spacial score (nSPS) is 10.8. The van der Waals surface area contributed by atoms with Crippen molar-refractivity contribution < 1.29 is 14.3 Å². The van der Waals surface area contributed by atoms with Gasteiger partial charge in [-0.15, -0.1) is 5.10 Å². The number of nitrogens with zero attached hydrogens (tertiary/aromatic N) is 3. The fourth-order valence-electron chi connectivity index (χ4n) is 2.24. The van der Waals surface area contributed by atoms with E-state index in [2.05, 4.69) is 10.3 Å². The van der Waals surface area contributed by atoms with E-state index in [9.17, 15) is 4.79 Å². The van der Waals surface area contributed by atoms with Crippen LogP contribution in [0.25, 0.3) is 11.0 Å². The minimum atomic E-state index is -0.414. The maximum absolute atomic E-state index is 12.1. The fourth-order valence-corrected chi connectivity index (χ4v) is 2.37. The molecule has 1 aromatic heterocycles. The van der Waals surface area contributed by atoms with Crippen molar-refractivity contribution in [3.63, 3.8) is 0 Å². The molecular weight excluding hydrogens is 330 g/mol. The number of benzene rings is 2. The van der Waals surface area contributed by atoms with E-state index in [-0.39, 0.29) is 13.2 Å². The topological polar surface area (TPSA) is 66.2 Å². The molecule has 0 aliphatic heterocycles. The Hall–Kier alpha value is -2.60. The summed E-state index contributed by atoms with van der Waals surface area (Å²) in [6.45, 7) is 3.13. The first-order valence-corrected chi connectivity index (χ1v) is 7.94. The van der Waals surface area contributed by atoms with Crippen LogP contribution >= 0.6 is 11.6 Å². The van der Waals surface area contributed by atoms with Gasteiger partial charge in [0.25, 0.3) is 0 Å². The van der Waals surface area contributed by atoms with Gasteiger partial charge in [-0.05, 0) is 49.4 Å². The van der Waals surface area contributed by atoms with Crippen LogP contribution in [0.15, 0.2) is 42.5 Å². The number of esters is 1. The summed E-state index contributed by atoms with van der Waals surface area (Å²) in [4.78, 5) is 12.1. The highest BCUT2D eigenvalue weighted by Gasteiger charge is 2.11. The minimum Gasteiger partial charge on any atom is -0.490 e. The Bertz CT molecular complexity index is 846. The van der Waals surface area contributed by atoms with E-state index in [4.69, 9.17) is 21.1 Å². The summed E-state index contributed by atoms with van der Waals surface area (Å²) in [5.74, 6) is 0.260. The van der Waals surface area contributed by atoms with Gasteiger partial charge in [-0.25, -0.2) is 9.48 Å². The summed E-state index contributed by atoms with van der Waals surface area (Å²) < 4.78 is 12.5. The Morgan fingerprint density at radius 1 is 1.17 bits per heavy atom. The van der Waals surface area contributed by atoms with E-state index in [1.807, 2.05) is 13.0 Å². The van der Waals surface area contributed by atoms with Crippen molar-refractivity contribution in [1.82, 2.24) is 15.0 Å². The van der Waals surface area contributed by atoms with Gasteiger partial charge in [-0.3, -0.25) is 0 Å². The second kappa shape index (κ2) is 7.31. The highest BCUT2D eigenvalue weighted by Crippen LogP contribution is 2.16. The number of aryl methyl sites for hydroxylation is 1. The molecule has 0 bridgehead atoms.